The van der Waals surface area contributed by atoms with Crippen LogP contribution >= 0.6 is 11.6 Å². The maximum Gasteiger partial charge on any atom is 0.343 e. The van der Waals surface area contributed by atoms with Gasteiger partial charge in [0.15, 0.2) is 0 Å². The molecule has 1 aliphatic rings. The molecule has 0 saturated carbocycles. The average Bonchev–Trinajstić information content (AvgIpc) is 3.04. The second kappa shape index (κ2) is 9.30. The van der Waals surface area contributed by atoms with Crippen LogP contribution in [-0.4, -0.2) is 17.8 Å². The second-order valence-electron chi connectivity index (χ2n) is 7.51. The summed E-state index contributed by atoms with van der Waals surface area (Å²) in [6.07, 6.45) is 0.850. The zero-order valence-electron chi connectivity index (χ0n) is 18.1. The number of carbonyl (C=O) groups excluding carboxylic acids is 3. The Labute approximate surface area is 196 Å². The maximum atomic E-state index is 12.9. The highest BCUT2D eigenvalue weighted by Crippen LogP contribution is 2.30. The van der Waals surface area contributed by atoms with Gasteiger partial charge in [0.05, 0.1) is 11.3 Å². The van der Waals surface area contributed by atoms with E-state index in [4.69, 9.17) is 16.3 Å². The zero-order chi connectivity index (χ0) is 23.5. The van der Waals surface area contributed by atoms with E-state index in [-0.39, 0.29) is 10.7 Å². The van der Waals surface area contributed by atoms with Crippen molar-refractivity contribution < 1.29 is 19.1 Å². The lowest BCUT2D eigenvalue weighted by Crippen LogP contribution is -2.32. The minimum Gasteiger partial charge on any atom is -0.423 e. The van der Waals surface area contributed by atoms with E-state index in [1.807, 2.05) is 38.1 Å². The number of para-hydroxylation sites is 1. The Morgan fingerprint density at radius 2 is 1.61 bits per heavy atom. The monoisotopic (exact) mass is 460 g/mol. The van der Waals surface area contributed by atoms with Gasteiger partial charge in [0.1, 0.15) is 16.5 Å². The maximum absolute atomic E-state index is 12.9. The predicted octanol–water partition coefficient (Wildman–Crippen LogP) is 5.21. The summed E-state index contributed by atoms with van der Waals surface area (Å²) in [5.74, 6) is -1.14. The molecule has 0 aliphatic carbocycles. The molecule has 3 aromatic rings. The van der Waals surface area contributed by atoms with Crippen molar-refractivity contribution in [3.63, 3.8) is 0 Å². The van der Waals surface area contributed by atoms with Gasteiger partial charge in [-0.15, -0.1) is 0 Å². The molecule has 1 aliphatic heterocycles. The van der Waals surface area contributed by atoms with Gasteiger partial charge in [-0.2, -0.15) is 0 Å². The third-order valence-corrected chi connectivity index (χ3v) is 5.67. The number of nitrogens with zero attached hydrogens (tertiary/aromatic N) is 1. The Morgan fingerprint density at radius 3 is 2.24 bits per heavy atom. The fraction of sp³-hybridized carbons (Fsp3) is 0.115. The highest BCUT2D eigenvalue weighted by Gasteiger charge is 2.38. The van der Waals surface area contributed by atoms with Gasteiger partial charge in [-0.3, -0.25) is 9.59 Å². The lowest BCUT2D eigenvalue weighted by atomic mass is 10.1. The van der Waals surface area contributed by atoms with Crippen molar-refractivity contribution in [2.45, 2.75) is 20.3 Å². The van der Waals surface area contributed by atoms with Gasteiger partial charge in [0.2, 0.25) is 0 Å². The first kappa shape index (κ1) is 22.3. The third kappa shape index (κ3) is 4.52. The summed E-state index contributed by atoms with van der Waals surface area (Å²) in [5.41, 5.74) is 3.22. The molecule has 1 heterocycles. The third-order valence-electron chi connectivity index (χ3n) is 5.32. The number of amides is 2. The molecule has 1 N–H and O–H groups in total. The number of carbonyl (C=O) groups is 3. The molecule has 2 amide bonds. The minimum atomic E-state index is -0.591. The molecule has 0 unspecified atom stereocenters. The largest absolute Gasteiger partial charge is 0.423 e. The molecule has 33 heavy (non-hydrogen) atoms. The molecule has 0 bridgehead atoms. The Hall–Kier alpha value is -3.90. The summed E-state index contributed by atoms with van der Waals surface area (Å²) in [7, 11) is 0. The van der Waals surface area contributed by atoms with Gasteiger partial charge in [-0.05, 0) is 66.9 Å². The quantitative estimate of drug-likeness (QED) is 0.310. The summed E-state index contributed by atoms with van der Waals surface area (Å²) in [5, 5.41) is 2.71. The van der Waals surface area contributed by atoms with Crippen LogP contribution in [0.5, 0.6) is 5.75 Å². The van der Waals surface area contributed by atoms with Crippen molar-refractivity contribution in [1.82, 2.24) is 0 Å². The van der Waals surface area contributed by atoms with Gasteiger partial charge in [-0.1, -0.05) is 48.9 Å². The number of halogens is 1. The Bertz CT molecular complexity index is 1260. The van der Waals surface area contributed by atoms with Crippen molar-refractivity contribution in [2.24, 2.45) is 0 Å². The van der Waals surface area contributed by atoms with E-state index in [9.17, 15) is 14.4 Å². The minimum absolute atomic E-state index is 0.0172. The summed E-state index contributed by atoms with van der Waals surface area (Å²) >= 11 is 6.19. The summed E-state index contributed by atoms with van der Waals surface area (Å²) in [4.78, 5) is 39.0. The molecule has 0 radical (unpaired) electrons. The van der Waals surface area contributed by atoms with E-state index < -0.39 is 17.8 Å². The van der Waals surface area contributed by atoms with Crippen LogP contribution in [-0.2, 0) is 16.0 Å². The number of imide groups is 1. The van der Waals surface area contributed by atoms with Crippen LogP contribution in [0.15, 0.2) is 83.5 Å². The van der Waals surface area contributed by atoms with E-state index in [0.717, 1.165) is 22.4 Å². The average molecular weight is 461 g/mol. The summed E-state index contributed by atoms with van der Waals surface area (Å²) in [6.45, 7) is 3.88. The Balaban J connectivity index is 1.48. The number of ether oxygens (including phenoxy) is 1. The first-order valence-corrected chi connectivity index (χ1v) is 10.8. The number of nitrogens with one attached hydrogen (secondary N) is 1. The SMILES string of the molecule is CCc1ccc(N2C(=O)C(Cl)=C(Nc3ccc(C(=O)Oc4ccccc4C)cc3)C2=O)cc1. The lowest BCUT2D eigenvalue weighted by Gasteiger charge is -2.15. The summed E-state index contributed by atoms with van der Waals surface area (Å²) < 4.78 is 5.44. The molecule has 3 aromatic carbocycles. The number of esters is 1. The van der Waals surface area contributed by atoms with Gasteiger partial charge in [0.25, 0.3) is 11.8 Å². The molecule has 166 valence electrons. The molecule has 7 heteroatoms. The van der Waals surface area contributed by atoms with Crippen LogP contribution in [0, 0.1) is 6.92 Å². The van der Waals surface area contributed by atoms with Crippen molar-refractivity contribution in [2.75, 3.05) is 10.2 Å². The van der Waals surface area contributed by atoms with Crippen molar-refractivity contribution in [3.05, 3.63) is 100 Å². The van der Waals surface area contributed by atoms with Gasteiger partial charge < -0.3 is 10.1 Å². The molecule has 0 aromatic heterocycles. The predicted molar refractivity (Wildman–Crippen MR) is 127 cm³/mol. The zero-order valence-corrected chi connectivity index (χ0v) is 18.8. The topological polar surface area (TPSA) is 75.7 Å². The van der Waals surface area contributed by atoms with Gasteiger partial charge in [-0.25, -0.2) is 9.69 Å². The first-order valence-electron chi connectivity index (χ1n) is 10.4. The van der Waals surface area contributed by atoms with E-state index in [2.05, 4.69) is 5.32 Å². The Morgan fingerprint density at radius 1 is 0.939 bits per heavy atom. The first-order chi connectivity index (χ1) is 15.9. The van der Waals surface area contributed by atoms with E-state index in [1.54, 1.807) is 48.5 Å². The highest BCUT2D eigenvalue weighted by atomic mass is 35.5. The lowest BCUT2D eigenvalue weighted by molar-refractivity contribution is -0.120. The number of benzene rings is 3. The van der Waals surface area contributed by atoms with Gasteiger partial charge in [0, 0.05) is 5.69 Å². The second-order valence-corrected chi connectivity index (χ2v) is 7.89. The number of hydrogen-bond donors (Lipinski definition) is 1. The van der Waals surface area contributed by atoms with Crippen LogP contribution < -0.4 is 15.0 Å². The number of hydrogen-bond acceptors (Lipinski definition) is 5. The number of aryl methyl sites for hydroxylation is 2. The molecular weight excluding hydrogens is 440 g/mol. The van der Waals surface area contributed by atoms with E-state index >= 15 is 0 Å². The smallest absolute Gasteiger partial charge is 0.343 e. The van der Waals surface area contributed by atoms with Crippen LogP contribution in [0.3, 0.4) is 0 Å². The van der Waals surface area contributed by atoms with Crippen LogP contribution in [0.1, 0.15) is 28.4 Å². The van der Waals surface area contributed by atoms with Crippen molar-refractivity contribution in [3.8, 4) is 5.75 Å². The fourth-order valence-corrected chi connectivity index (χ4v) is 3.60. The molecule has 0 spiro atoms. The highest BCUT2D eigenvalue weighted by molar-refractivity contribution is 6.53. The molecule has 0 saturated heterocycles. The normalized spacial score (nSPS) is 13.5. The summed E-state index contributed by atoms with van der Waals surface area (Å²) in [6, 6.07) is 20.8. The van der Waals surface area contributed by atoms with E-state index in [0.29, 0.717) is 22.7 Å². The van der Waals surface area contributed by atoms with E-state index in [1.165, 1.54) is 0 Å². The molecule has 0 atom stereocenters. The fourth-order valence-electron chi connectivity index (χ4n) is 3.39. The number of anilines is 2. The van der Waals surface area contributed by atoms with Crippen molar-refractivity contribution >= 4 is 40.8 Å². The van der Waals surface area contributed by atoms with Gasteiger partial charge >= 0.3 is 5.97 Å². The standard InChI is InChI=1S/C26H21ClN2O4/c1-3-17-8-14-20(15-9-17)29-24(30)22(27)23(25(29)31)28-19-12-10-18(11-13-19)26(32)33-21-7-5-4-6-16(21)2/h4-15,28H,3H2,1-2H3. The molecule has 6 nitrogen and oxygen atoms in total. The Kier molecular flexibility index (Phi) is 6.29. The van der Waals surface area contributed by atoms with Crippen LogP contribution in [0.25, 0.3) is 0 Å². The molecular formula is C26H21ClN2O4. The van der Waals surface area contributed by atoms with Crippen LogP contribution in [0.2, 0.25) is 0 Å². The number of rotatable bonds is 6. The molecule has 4 rings (SSSR count). The van der Waals surface area contributed by atoms with Crippen LogP contribution in [0.4, 0.5) is 11.4 Å². The molecule has 0 fully saturated rings. The van der Waals surface area contributed by atoms with Crippen molar-refractivity contribution in [1.29, 1.82) is 0 Å².